The highest BCUT2D eigenvalue weighted by Gasteiger charge is 2.23. The Labute approximate surface area is 143 Å². The summed E-state index contributed by atoms with van der Waals surface area (Å²) in [7, 11) is 0. The second-order valence-electron chi connectivity index (χ2n) is 6.44. The van der Waals surface area contributed by atoms with E-state index in [2.05, 4.69) is 10.3 Å². The minimum atomic E-state index is 0.280. The van der Waals surface area contributed by atoms with Gasteiger partial charge in [0, 0.05) is 11.1 Å². The molecule has 0 saturated carbocycles. The zero-order valence-corrected chi connectivity index (χ0v) is 15.1. The first-order chi connectivity index (χ1) is 11.3. The molecule has 4 nitrogen and oxygen atoms in total. The Morgan fingerprint density at radius 3 is 1.04 bits per heavy atom. The summed E-state index contributed by atoms with van der Waals surface area (Å²) in [5.41, 5.74) is 8.31. The quantitative estimate of drug-likeness (QED) is 0.492. The van der Waals surface area contributed by atoms with Crippen molar-refractivity contribution in [3.63, 3.8) is 0 Å². The topological polar surface area (TPSA) is 65.2 Å². The van der Waals surface area contributed by atoms with Gasteiger partial charge in [0.25, 0.3) is 0 Å². The molecule has 2 N–H and O–H groups in total. The largest absolute Gasteiger partial charge is 0.410 e. The molecule has 0 bridgehead atoms. The molecule has 0 aromatic heterocycles. The number of nitrogens with zero attached hydrogens (tertiary/aromatic N) is 2. The van der Waals surface area contributed by atoms with Crippen molar-refractivity contribution in [2.24, 2.45) is 10.3 Å². The highest BCUT2D eigenvalue weighted by Crippen LogP contribution is 2.23. The first-order valence-electron chi connectivity index (χ1n) is 7.91. The van der Waals surface area contributed by atoms with Crippen molar-refractivity contribution in [2.75, 3.05) is 0 Å². The fourth-order valence-electron chi connectivity index (χ4n) is 3.54. The van der Waals surface area contributed by atoms with Crippen LogP contribution in [0.4, 0.5) is 0 Å². The first kappa shape index (κ1) is 17.7. The van der Waals surface area contributed by atoms with Crippen molar-refractivity contribution in [1.29, 1.82) is 0 Å². The minimum Gasteiger partial charge on any atom is -0.410 e. The summed E-state index contributed by atoms with van der Waals surface area (Å²) in [5.74, 6) is 0. The van der Waals surface area contributed by atoms with Crippen LogP contribution in [0.25, 0.3) is 0 Å². The van der Waals surface area contributed by atoms with Crippen LogP contribution in [0.5, 0.6) is 0 Å². The van der Waals surface area contributed by atoms with E-state index in [1.807, 2.05) is 65.8 Å². The molecular formula is C20H24N2O2. The third-order valence-corrected chi connectivity index (χ3v) is 4.25. The number of hydrogen-bond donors (Lipinski definition) is 2. The van der Waals surface area contributed by atoms with Crippen LogP contribution in [-0.2, 0) is 0 Å². The molecule has 2 rings (SSSR count). The summed E-state index contributed by atoms with van der Waals surface area (Å²) < 4.78 is 0. The van der Waals surface area contributed by atoms with Crippen LogP contribution in [0, 0.1) is 41.5 Å². The summed E-state index contributed by atoms with van der Waals surface area (Å²) >= 11 is 0. The van der Waals surface area contributed by atoms with E-state index in [9.17, 15) is 10.4 Å². The molecule has 0 aliphatic carbocycles. The molecule has 0 saturated heterocycles. The molecule has 0 aliphatic rings. The maximum atomic E-state index is 9.69. The van der Waals surface area contributed by atoms with E-state index in [0.29, 0.717) is 0 Å². The number of oxime groups is 2. The van der Waals surface area contributed by atoms with E-state index < -0.39 is 0 Å². The SMILES string of the molecule is Cc1cc(C)c(C(=NO)C(=NO)c2c(C)cc(C)cc2C)c(C)c1. The van der Waals surface area contributed by atoms with Crippen LogP contribution in [0.2, 0.25) is 0 Å². The van der Waals surface area contributed by atoms with E-state index in [-0.39, 0.29) is 11.4 Å². The number of benzene rings is 2. The normalized spacial score (nSPS) is 12.6. The van der Waals surface area contributed by atoms with E-state index in [1.165, 1.54) is 0 Å². The van der Waals surface area contributed by atoms with E-state index in [1.54, 1.807) is 0 Å². The molecule has 0 fully saturated rings. The maximum absolute atomic E-state index is 9.69. The maximum Gasteiger partial charge on any atom is 0.140 e. The Bertz CT molecular complexity index is 731. The summed E-state index contributed by atoms with van der Waals surface area (Å²) in [6.07, 6.45) is 0. The summed E-state index contributed by atoms with van der Waals surface area (Å²) in [4.78, 5) is 0. The van der Waals surface area contributed by atoms with Crippen molar-refractivity contribution in [1.82, 2.24) is 0 Å². The number of rotatable bonds is 3. The highest BCUT2D eigenvalue weighted by molar-refractivity contribution is 6.54. The molecule has 0 amide bonds. The second kappa shape index (κ2) is 6.87. The zero-order valence-electron chi connectivity index (χ0n) is 15.1. The summed E-state index contributed by atoms with van der Waals surface area (Å²) in [5, 5.41) is 26.4. The van der Waals surface area contributed by atoms with E-state index >= 15 is 0 Å². The lowest BCUT2D eigenvalue weighted by atomic mass is 9.88. The van der Waals surface area contributed by atoms with Gasteiger partial charge in [-0.3, -0.25) is 0 Å². The Morgan fingerprint density at radius 2 is 0.833 bits per heavy atom. The van der Waals surface area contributed by atoms with Crippen molar-refractivity contribution in [3.8, 4) is 0 Å². The van der Waals surface area contributed by atoms with Gasteiger partial charge in [0.2, 0.25) is 0 Å². The third-order valence-electron chi connectivity index (χ3n) is 4.25. The van der Waals surface area contributed by atoms with Crippen LogP contribution in [0.3, 0.4) is 0 Å². The van der Waals surface area contributed by atoms with Crippen molar-refractivity contribution in [3.05, 3.63) is 68.8 Å². The van der Waals surface area contributed by atoms with Gasteiger partial charge in [-0.1, -0.05) is 45.7 Å². The van der Waals surface area contributed by atoms with Crippen LogP contribution in [-0.4, -0.2) is 21.8 Å². The standard InChI is InChI=1S/C20H24N2O2/c1-11-7-13(3)17(14(4)8-11)19(21-23)20(22-24)18-15(5)9-12(2)10-16(18)6/h7-10,23-24H,1-6H3. The number of aryl methyl sites for hydroxylation is 6. The molecule has 0 aliphatic heterocycles. The molecule has 126 valence electrons. The molecule has 24 heavy (non-hydrogen) atoms. The van der Waals surface area contributed by atoms with E-state index in [0.717, 1.165) is 44.5 Å². The Kier molecular flexibility index (Phi) is 5.07. The van der Waals surface area contributed by atoms with Crippen molar-refractivity contribution < 1.29 is 10.4 Å². The zero-order chi connectivity index (χ0) is 18.0. The van der Waals surface area contributed by atoms with Crippen LogP contribution in [0.1, 0.15) is 44.5 Å². The average molecular weight is 324 g/mol. The predicted molar refractivity (Wildman–Crippen MR) is 98.0 cm³/mol. The molecule has 2 aromatic carbocycles. The van der Waals surface area contributed by atoms with Gasteiger partial charge in [0.15, 0.2) is 0 Å². The van der Waals surface area contributed by atoms with Gasteiger partial charge in [-0.25, -0.2) is 0 Å². The minimum absolute atomic E-state index is 0.280. The highest BCUT2D eigenvalue weighted by atomic mass is 16.4. The molecule has 0 spiro atoms. The predicted octanol–water partition coefficient (Wildman–Crippen LogP) is 4.59. The third kappa shape index (κ3) is 3.18. The smallest absolute Gasteiger partial charge is 0.140 e. The van der Waals surface area contributed by atoms with Crippen molar-refractivity contribution in [2.45, 2.75) is 41.5 Å². The van der Waals surface area contributed by atoms with Crippen molar-refractivity contribution >= 4 is 11.4 Å². The molecule has 0 unspecified atom stereocenters. The van der Waals surface area contributed by atoms with Gasteiger partial charge in [0.05, 0.1) is 0 Å². The van der Waals surface area contributed by atoms with Crippen LogP contribution in [0.15, 0.2) is 34.6 Å². The molecule has 0 heterocycles. The lowest BCUT2D eigenvalue weighted by Gasteiger charge is -2.17. The van der Waals surface area contributed by atoms with Gasteiger partial charge < -0.3 is 10.4 Å². The summed E-state index contributed by atoms with van der Waals surface area (Å²) in [6.45, 7) is 11.9. The second-order valence-corrected chi connectivity index (χ2v) is 6.44. The molecule has 2 aromatic rings. The van der Waals surface area contributed by atoms with E-state index in [4.69, 9.17) is 0 Å². The van der Waals surface area contributed by atoms with Gasteiger partial charge in [-0.2, -0.15) is 0 Å². The lowest BCUT2D eigenvalue weighted by Crippen LogP contribution is -2.22. The Balaban J connectivity index is 2.72. The molecule has 0 radical (unpaired) electrons. The molecule has 0 atom stereocenters. The molecular weight excluding hydrogens is 300 g/mol. The number of hydrogen-bond acceptors (Lipinski definition) is 4. The van der Waals surface area contributed by atoms with Gasteiger partial charge >= 0.3 is 0 Å². The monoisotopic (exact) mass is 324 g/mol. The molecule has 4 heteroatoms. The fraction of sp³-hybridized carbons (Fsp3) is 0.300. The first-order valence-corrected chi connectivity index (χ1v) is 7.91. The van der Waals surface area contributed by atoms with Gasteiger partial charge in [-0.15, -0.1) is 0 Å². The van der Waals surface area contributed by atoms with Crippen LogP contribution >= 0.6 is 0 Å². The van der Waals surface area contributed by atoms with Gasteiger partial charge in [0.1, 0.15) is 11.4 Å². The Hall–Kier alpha value is -2.62. The average Bonchev–Trinajstić information content (AvgIpc) is 2.46. The Morgan fingerprint density at radius 1 is 0.583 bits per heavy atom. The fourth-order valence-corrected chi connectivity index (χ4v) is 3.54. The summed E-state index contributed by atoms with van der Waals surface area (Å²) in [6, 6.07) is 8.10. The lowest BCUT2D eigenvalue weighted by molar-refractivity contribution is 0.314. The van der Waals surface area contributed by atoms with Crippen LogP contribution < -0.4 is 0 Å². The van der Waals surface area contributed by atoms with Gasteiger partial charge in [-0.05, 0) is 63.8 Å².